The van der Waals surface area contributed by atoms with Crippen LogP contribution in [0, 0.1) is 20.2 Å². The smallest absolute Gasteiger partial charge is 0.269 e. The number of ether oxygens (including phenoxy) is 3. The van der Waals surface area contributed by atoms with E-state index in [2.05, 4.69) is 0 Å². The van der Waals surface area contributed by atoms with Crippen molar-refractivity contribution in [3.05, 3.63) is 79.9 Å². The first kappa shape index (κ1) is 19.4. The van der Waals surface area contributed by atoms with Crippen molar-refractivity contribution in [2.45, 2.75) is 37.3 Å². The molecule has 0 aliphatic carbocycles. The molecule has 2 fully saturated rings. The van der Waals surface area contributed by atoms with Crippen LogP contribution in [0.15, 0.2) is 48.5 Å². The van der Waals surface area contributed by atoms with Crippen LogP contribution in [-0.2, 0) is 27.1 Å². The minimum atomic E-state index is -0.424. The average Bonchev–Trinajstić information content (AvgIpc) is 3.61. The maximum absolute atomic E-state index is 10.8. The van der Waals surface area contributed by atoms with Crippen molar-refractivity contribution < 1.29 is 24.1 Å². The van der Waals surface area contributed by atoms with E-state index in [0.29, 0.717) is 26.1 Å². The van der Waals surface area contributed by atoms with Crippen LogP contribution in [0.1, 0.15) is 11.1 Å². The monoisotopic (exact) mass is 400 g/mol. The molecule has 0 N–H and O–H groups in total. The van der Waals surface area contributed by atoms with Crippen molar-refractivity contribution in [1.82, 2.24) is 0 Å². The van der Waals surface area contributed by atoms with Gasteiger partial charge in [0.05, 0.1) is 35.3 Å². The summed E-state index contributed by atoms with van der Waals surface area (Å²) in [6.45, 7) is 1.24. The van der Waals surface area contributed by atoms with Gasteiger partial charge in [0.2, 0.25) is 0 Å². The van der Waals surface area contributed by atoms with E-state index in [0.717, 1.165) is 11.1 Å². The van der Waals surface area contributed by atoms with E-state index >= 15 is 0 Å². The van der Waals surface area contributed by atoms with E-state index in [9.17, 15) is 20.2 Å². The van der Waals surface area contributed by atoms with Gasteiger partial charge < -0.3 is 14.2 Å². The van der Waals surface area contributed by atoms with E-state index in [1.165, 1.54) is 24.3 Å². The van der Waals surface area contributed by atoms with Crippen LogP contribution in [0.5, 0.6) is 0 Å². The summed E-state index contributed by atoms with van der Waals surface area (Å²) in [6, 6.07) is 12.9. The Morgan fingerprint density at radius 2 is 1.14 bits per heavy atom. The number of hydrogen-bond acceptors (Lipinski definition) is 7. The molecule has 2 aromatic rings. The Hall–Kier alpha value is -2.88. The summed E-state index contributed by atoms with van der Waals surface area (Å²) < 4.78 is 17.2. The molecule has 9 heteroatoms. The van der Waals surface area contributed by atoms with Crippen LogP contribution in [0.25, 0.3) is 0 Å². The molecular formula is C20H20N2O7. The van der Waals surface area contributed by atoms with Gasteiger partial charge in [0, 0.05) is 37.1 Å². The van der Waals surface area contributed by atoms with Crippen LogP contribution in [-0.4, -0.2) is 47.5 Å². The molecule has 0 spiro atoms. The second-order valence-electron chi connectivity index (χ2n) is 7.21. The van der Waals surface area contributed by atoms with Gasteiger partial charge in [-0.3, -0.25) is 20.2 Å². The molecule has 0 aromatic heterocycles. The third-order valence-corrected chi connectivity index (χ3v) is 5.07. The first-order valence-corrected chi connectivity index (χ1v) is 9.35. The maximum atomic E-state index is 10.8. The van der Waals surface area contributed by atoms with Crippen molar-refractivity contribution in [2.75, 3.05) is 13.2 Å². The SMILES string of the molecule is O=[N+]([O-])c1ccc(CC(OC(Cc2ccc([N+](=O)[O-])cc2)C2CO2)C2CO2)cc1. The zero-order valence-electron chi connectivity index (χ0n) is 15.5. The average molecular weight is 400 g/mol. The van der Waals surface area contributed by atoms with Gasteiger partial charge in [0.1, 0.15) is 12.2 Å². The largest absolute Gasteiger partial charge is 0.370 e. The fourth-order valence-electron chi connectivity index (χ4n) is 3.27. The molecule has 152 valence electrons. The summed E-state index contributed by atoms with van der Waals surface area (Å²) in [5.74, 6) is 0. The lowest BCUT2D eigenvalue weighted by Gasteiger charge is -2.23. The lowest BCUT2D eigenvalue weighted by atomic mass is 10.0. The minimum Gasteiger partial charge on any atom is -0.370 e. The molecule has 9 nitrogen and oxygen atoms in total. The Morgan fingerprint density at radius 1 is 0.793 bits per heavy atom. The maximum Gasteiger partial charge on any atom is 0.269 e. The highest BCUT2D eigenvalue weighted by molar-refractivity contribution is 5.34. The standard InChI is InChI=1S/C20H20N2O7/c23-21(24)15-5-1-13(2-6-15)9-17(19-11-27-19)29-18(20-12-28-20)10-14-3-7-16(8-4-14)22(25)26/h1-8,17-20H,9-12H2. The summed E-state index contributed by atoms with van der Waals surface area (Å²) >= 11 is 0. The molecule has 29 heavy (non-hydrogen) atoms. The Labute approximate surface area is 166 Å². The second-order valence-corrected chi connectivity index (χ2v) is 7.21. The predicted octanol–water partition coefficient (Wildman–Crippen LogP) is 2.84. The third kappa shape index (κ3) is 5.14. The van der Waals surface area contributed by atoms with Crippen LogP contribution >= 0.6 is 0 Å². The quantitative estimate of drug-likeness (QED) is 0.341. The van der Waals surface area contributed by atoms with Gasteiger partial charge in [0.15, 0.2) is 0 Å². The molecule has 2 aliphatic rings. The highest BCUT2D eigenvalue weighted by Crippen LogP contribution is 2.28. The number of benzene rings is 2. The summed E-state index contributed by atoms with van der Waals surface area (Å²) in [6.07, 6.45) is 0.747. The Morgan fingerprint density at radius 3 is 1.41 bits per heavy atom. The van der Waals surface area contributed by atoms with Crippen molar-refractivity contribution in [3.63, 3.8) is 0 Å². The minimum absolute atomic E-state index is 0.0108. The van der Waals surface area contributed by atoms with Crippen molar-refractivity contribution >= 4 is 11.4 Å². The molecule has 2 aliphatic heterocycles. The Kier molecular flexibility index (Phi) is 5.52. The number of epoxide rings is 2. The van der Waals surface area contributed by atoms with E-state index in [1.54, 1.807) is 24.3 Å². The lowest BCUT2D eigenvalue weighted by molar-refractivity contribution is -0.385. The molecule has 0 saturated carbocycles. The molecule has 0 amide bonds. The molecule has 4 rings (SSSR count). The molecule has 4 unspecified atom stereocenters. The zero-order chi connectivity index (χ0) is 20.4. The van der Waals surface area contributed by atoms with Gasteiger partial charge >= 0.3 is 0 Å². The normalized spacial score (nSPS) is 21.9. The fraction of sp³-hybridized carbons (Fsp3) is 0.400. The lowest BCUT2D eigenvalue weighted by Crippen LogP contribution is -2.33. The van der Waals surface area contributed by atoms with Crippen molar-refractivity contribution in [3.8, 4) is 0 Å². The fourth-order valence-corrected chi connectivity index (χ4v) is 3.27. The van der Waals surface area contributed by atoms with Crippen LogP contribution in [0.3, 0.4) is 0 Å². The van der Waals surface area contributed by atoms with Gasteiger partial charge in [-0.05, 0) is 11.1 Å². The highest BCUT2D eigenvalue weighted by Gasteiger charge is 2.40. The van der Waals surface area contributed by atoms with Gasteiger partial charge in [-0.15, -0.1) is 0 Å². The molecule has 4 atom stereocenters. The predicted molar refractivity (Wildman–Crippen MR) is 102 cm³/mol. The number of rotatable bonds is 10. The number of nitro groups is 2. The molecule has 0 bridgehead atoms. The van der Waals surface area contributed by atoms with E-state index in [4.69, 9.17) is 14.2 Å². The number of non-ortho nitro benzene ring substituents is 2. The van der Waals surface area contributed by atoms with Gasteiger partial charge in [-0.2, -0.15) is 0 Å². The van der Waals surface area contributed by atoms with Gasteiger partial charge in [-0.25, -0.2) is 0 Å². The van der Waals surface area contributed by atoms with Crippen LogP contribution in [0.4, 0.5) is 11.4 Å². The topological polar surface area (TPSA) is 121 Å². The molecule has 2 saturated heterocycles. The van der Waals surface area contributed by atoms with Gasteiger partial charge in [-0.1, -0.05) is 24.3 Å². The number of nitrogens with zero attached hydrogens (tertiary/aromatic N) is 2. The first-order valence-electron chi connectivity index (χ1n) is 9.35. The number of nitro benzene ring substituents is 2. The number of hydrogen-bond donors (Lipinski definition) is 0. The summed E-state index contributed by atoms with van der Waals surface area (Å²) in [7, 11) is 0. The van der Waals surface area contributed by atoms with Crippen molar-refractivity contribution in [2.24, 2.45) is 0 Å². The second kappa shape index (κ2) is 8.24. The molecule has 2 aromatic carbocycles. The molecular weight excluding hydrogens is 380 g/mol. The highest BCUT2D eigenvalue weighted by atomic mass is 16.6. The summed E-state index contributed by atoms with van der Waals surface area (Å²) in [5.41, 5.74) is 1.97. The first-order chi connectivity index (χ1) is 14.0. The van der Waals surface area contributed by atoms with Crippen LogP contribution in [0.2, 0.25) is 0 Å². The van der Waals surface area contributed by atoms with E-state index < -0.39 is 9.85 Å². The summed E-state index contributed by atoms with van der Waals surface area (Å²) in [4.78, 5) is 20.8. The van der Waals surface area contributed by atoms with Gasteiger partial charge in [0.25, 0.3) is 11.4 Å². The summed E-state index contributed by atoms with van der Waals surface area (Å²) in [5, 5.41) is 21.6. The Balaban J connectivity index is 1.42. The Bertz CT molecular complexity index is 803. The molecule has 0 radical (unpaired) electrons. The molecule has 2 heterocycles. The third-order valence-electron chi connectivity index (χ3n) is 5.07. The zero-order valence-corrected chi connectivity index (χ0v) is 15.5. The van der Waals surface area contributed by atoms with Crippen LogP contribution < -0.4 is 0 Å². The van der Waals surface area contributed by atoms with E-state index in [1.807, 2.05) is 0 Å². The van der Waals surface area contributed by atoms with Crippen molar-refractivity contribution in [1.29, 1.82) is 0 Å². The van der Waals surface area contributed by atoms with E-state index in [-0.39, 0.29) is 35.8 Å².